The number of amides is 1. The van der Waals surface area contributed by atoms with E-state index in [4.69, 9.17) is 22.1 Å². The first kappa shape index (κ1) is 35.3. The number of carbonyl (C=O) groups is 1. The van der Waals surface area contributed by atoms with Crippen LogP contribution in [0.1, 0.15) is 48.2 Å². The zero-order chi connectivity index (χ0) is 36.2. The second-order valence-electron chi connectivity index (χ2n) is 13.3. The van der Waals surface area contributed by atoms with E-state index in [0.29, 0.717) is 30.8 Å². The van der Waals surface area contributed by atoms with Gasteiger partial charge < -0.3 is 21.1 Å². The van der Waals surface area contributed by atoms with Gasteiger partial charge in [0.25, 0.3) is 5.91 Å². The molecule has 4 N–H and O–H groups in total. The summed E-state index contributed by atoms with van der Waals surface area (Å²) in [6.45, 7) is 2.22. The molecule has 3 aliphatic rings. The number of carbonyl (C=O) groups excluding carboxylic acids is 1. The normalized spacial score (nSPS) is 23.7. The van der Waals surface area contributed by atoms with Gasteiger partial charge in [0, 0.05) is 64.9 Å². The first-order chi connectivity index (χ1) is 24.2. The second-order valence-corrected chi connectivity index (χ2v) is 14.6. The van der Waals surface area contributed by atoms with Gasteiger partial charge in [-0.15, -0.1) is 11.3 Å². The average Bonchev–Trinajstić information content (AvgIpc) is 3.75. The van der Waals surface area contributed by atoms with Gasteiger partial charge in [0.2, 0.25) is 0 Å². The van der Waals surface area contributed by atoms with Crippen LogP contribution < -0.4 is 21.1 Å². The summed E-state index contributed by atoms with van der Waals surface area (Å²) in [7, 11) is 0. The molecule has 2 aromatic carbocycles. The van der Waals surface area contributed by atoms with Crippen LogP contribution in [0.15, 0.2) is 35.6 Å². The zero-order valence-electron chi connectivity index (χ0n) is 27.1. The molecule has 2 atom stereocenters. The van der Waals surface area contributed by atoms with Crippen LogP contribution in [0.5, 0.6) is 6.01 Å². The summed E-state index contributed by atoms with van der Waals surface area (Å²) in [4.78, 5) is 27.1. The summed E-state index contributed by atoms with van der Waals surface area (Å²) in [5.41, 5.74) is 2.55. The molecule has 1 saturated carbocycles. The molecule has 7 rings (SSSR count). The van der Waals surface area contributed by atoms with Crippen molar-refractivity contribution >= 4 is 57.3 Å². The maximum Gasteiger partial charge on any atom is 0.417 e. The molecule has 1 aliphatic carbocycles. The molecule has 2 unspecified atom stereocenters. The number of alkyl halides is 4. The fourth-order valence-electron chi connectivity index (χ4n) is 7.41. The molecule has 0 spiro atoms. The van der Waals surface area contributed by atoms with Crippen LogP contribution in [-0.4, -0.2) is 69.2 Å². The molecule has 4 heterocycles. The van der Waals surface area contributed by atoms with Crippen molar-refractivity contribution < 1.29 is 35.9 Å². The molecule has 3 fully saturated rings. The molecular weight excluding hydrogens is 720 g/mol. The van der Waals surface area contributed by atoms with Crippen LogP contribution in [0, 0.1) is 12.7 Å². The molecule has 2 aromatic heterocycles. The number of aryl methyl sites for hydroxylation is 1. The van der Waals surface area contributed by atoms with Crippen molar-refractivity contribution in [2.45, 2.75) is 69.0 Å². The Morgan fingerprint density at radius 1 is 1.24 bits per heavy atom. The molecule has 0 bridgehead atoms. The number of rotatable bonds is 9. The molecule has 1 amide bonds. The van der Waals surface area contributed by atoms with Crippen LogP contribution in [0.2, 0.25) is 5.02 Å². The summed E-state index contributed by atoms with van der Waals surface area (Å²) in [6.07, 6.45) is -0.869. The molecule has 2 saturated heterocycles. The summed E-state index contributed by atoms with van der Waals surface area (Å²) in [5, 5.41) is 7.53. The van der Waals surface area contributed by atoms with E-state index >= 15 is 4.39 Å². The van der Waals surface area contributed by atoms with Crippen molar-refractivity contribution in [2.24, 2.45) is 0 Å². The number of fused-ring (bicyclic) bond motifs is 2. The molecule has 9 nitrogen and oxygen atoms in total. The third-order valence-electron chi connectivity index (χ3n) is 9.74. The lowest BCUT2D eigenvalue weighted by molar-refractivity contribution is -0.137. The minimum Gasteiger partial charge on any atom is -0.461 e. The lowest BCUT2D eigenvalue weighted by atomic mass is 9.86. The predicted octanol–water partition coefficient (Wildman–Crippen LogP) is 7.48. The number of hydrogen-bond acceptors (Lipinski definition) is 9. The van der Waals surface area contributed by atoms with Crippen molar-refractivity contribution in [1.29, 1.82) is 0 Å². The fourth-order valence-corrected chi connectivity index (χ4v) is 8.26. The summed E-state index contributed by atoms with van der Waals surface area (Å²) in [6, 6.07) is 2.46. The standard InChI is InChI=1S/C34H32ClF6N7O2S/c1-16-7-18(42)8-21(27(16)34(39,40)41)26-23(35)11-22-29(28(26)38)46-32(50-15-33-3-2-5-48(33)14-17(36)13-33)47-30(22)44-19-9-20(10-19)45-31(49)24(37)12-25-43-4-6-51-25/h4,6-8,11-12,17,19-20H,2-3,5,9-10,13-15,42H2,1H3,(H,45,49)(H,44,46,47)/b24-12-. The number of aromatic nitrogens is 3. The van der Waals surface area contributed by atoms with Crippen LogP contribution in [0.25, 0.3) is 28.1 Å². The monoisotopic (exact) mass is 751 g/mol. The maximum atomic E-state index is 16.6. The van der Waals surface area contributed by atoms with Crippen LogP contribution in [0.3, 0.4) is 0 Å². The summed E-state index contributed by atoms with van der Waals surface area (Å²) in [5.74, 6) is -2.94. The summed E-state index contributed by atoms with van der Waals surface area (Å²) < 4.78 is 94.4. The average molecular weight is 752 g/mol. The van der Waals surface area contributed by atoms with Gasteiger partial charge in [0.15, 0.2) is 11.6 Å². The Bertz CT molecular complexity index is 2020. The van der Waals surface area contributed by atoms with Gasteiger partial charge in [0.05, 0.1) is 16.1 Å². The number of ether oxygens (including phenoxy) is 1. The SMILES string of the molecule is Cc1cc(N)cc(-c2c(Cl)cc3c(NC4CC(NC(=O)/C(F)=C/c5nccs5)C4)nc(OCC45CCCN4CC(F)C5)nc3c2F)c1C(F)(F)F. The molecule has 270 valence electrons. The van der Waals surface area contributed by atoms with Gasteiger partial charge in [-0.25, -0.2) is 18.2 Å². The maximum absolute atomic E-state index is 16.6. The quantitative estimate of drug-likeness (QED) is 0.0916. The van der Waals surface area contributed by atoms with Crippen LogP contribution >= 0.6 is 22.9 Å². The minimum absolute atomic E-state index is 0.0185. The first-order valence-corrected chi connectivity index (χ1v) is 17.5. The topological polar surface area (TPSA) is 118 Å². The van der Waals surface area contributed by atoms with Gasteiger partial charge in [-0.3, -0.25) is 9.69 Å². The van der Waals surface area contributed by atoms with Crippen LogP contribution in [-0.2, 0) is 11.0 Å². The van der Waals surface area contributed by atoms with Crippen molar-refractivity contribution in [1.82, 2.24) is 25.2 Å². The highest BCUT2D eigenvalue weighted by Gasteiger charge is 2.49. The van der Waals surface area contributed by atoms with E-state index in [0.717, 1.165) is 24.6 Å². The smallest absolute Gasteiger partial charge is 0.417 e. The highest BCUT2D eigenvalue weighted by molar-refractivity contribution is 7.10. The molecule has 4 aromatic rings. The number of nitrogen functional groups attached to an aromatic ring is 1. The van der Waals surface area contributed by atoms with Gasteiger partial charge in [0.1, 0.15) is 29.1 Å². The zero-order valence-corrected chi connectivity index (χ0v) is 28.7. The van der Waals surface area contributed by atoms with E-state index in [9.17, 15) is 26.7 Å². The Labute approximate surface area is 297 Å². The second kappa shape index (κ2) is 13.4. The largest absolute Gasteiger partial charge is 0.461 e. The number of benzene rings is 2. The van der Waals surface area contributed by atoms with Gasteiger partial charge in [-0.1, -0.05) is 11.6 Å². The van der Waals surface area contributed by atoms with Crippen molar-refractivity contribution in [3.8, 4) is 17.1 Å². The Hall–Kier alpha value is -4.15. The highest BCUT2D eigenvalue weighted by Crippen LogP contribution is 2.46. The van der Waals surface area contributed by atoms with Crippen LogP contribution in [0.4, 0.5) is 37.8 Å². The molecular formula is C34H32ClF6N7O2S. The third-order valence-corrected chi connectivity index (χ3v) is 10.8. The number of thiazole rings is 1. The third kappa shape index (κ3) is 6.92. The first-order valence-electron chi connectivity index (χ1n) is 16.2. The van der Waals surface area contributed by atoms with E-state index < -0.39 is 58.2 Å². The number of nitrogens with two attached hydrogens (primary N) is 1. The Kier molecular flexibility index (Phi) is 9.29. The Morgan fingerprint density at radius 2 is 2.02 bits per heavy atom. The van der Waals surface area contributed by atoms with Crippen molar-refractivity contribution in [3.63, 3.8) is 0 Å². The lowest BCUT2D eigenvalue weighted by Gasteiger charge is -2.36. The minimum atomic E-state index is -4.86. The molecule has 17 heteroatoms. The van der Waals surface area contributed by atoms with E-state index in [-0.39, 0.29) is 64.6 Å². The van der Waals surface area contributed by atoms with E-state index in [1.165, 1.54) is 30.5 Å². The highest BCUT2D eigenvalue weighted by atomic mass is 35.5. The number of anilines is 2. The molecule has 2 aliphatic heterocycles. The number of nitrogens with zero attached hydrogens (tertiary/aromatic N) is 4. The van der Waals surface area contributed by atoms with E-state index in [2.05, 4.69) is 25.6 Å². The number of hydrogen-bond donors (Lipinski definition) is 3. The van der Waals surface area contributed by atoms with Gasteiger partial charge in [-0.05, 0) is 62.9 Å². The fraction of sp³-hybridized carbons (Fsp3) is 0.412. The predicted molar refractivity (Wildman–Crippen MR) is 182 cm³/mol. The Balaban J connectivity index is 1.21. The van der Waals surface area contributed by atoms with Gasteiger partial charge in [-0.2, -0.15) is 23.1 Å². The van der Waals surface area contributed by atoms with Crippen molar-refractivity contribution in [2.75, 3.05) is 30.7 Å². The van der Waals surface area contributed by atoms with E-state index in [1.54, 1.807) is 5.38 Å². The van der Waals surface area contributed by atoms with Gasteiger partial charge >= 0.3 is 12.2 Å². The molecule has 0 radical (unpaired) electrons. The van der Waals surface area contributed by atoms with E-state index in [1.807, 2.05) is 4.90 Å². The Morgan fingerprint density at radius 3 is 2.75 bits per heavy atom. The molecule has 51 heavy (non-hydrogen) atoms. The lowest BCUT2D eigenvalue weighted by Crippen LogP contribution is -2.50. The number of halogens is 7. The number of nitrogens with one attached hydrogen (secondary N) is 2. The van der Waals surface area contributed by atoms with Crippen molar-refractivity contribution in [3.05, 3.63) is 62.6 Å². The summed E-state index contributed by atoms with van der Waals surface area (Å²) >= 11 is 7.73.